The number of nitrogens with zero attached hydrogens (tertiary/aromatic N) is 2. The number of carbonyl (C=O) groups excluding carboxylic acids is 2. The lowest BCUT2D eigenvalue weighted by Gasteiger charge is -2.32. The highest BCUT2D eigenvalue weighted by Crippen LogP contribution is 2.27. The predicted molar refractivity (Wildman–Crippen MR) is 159 cm³/mol. The maximum absolute atomic E-state index is 13.9. The normalized spacial score (nSPS) is 12.9. The topological polar surface area (TPSA) is 86.8 Å². The van der Waals surface area contributed by atoms with E-state index in [1.54, 1.807) is 67.6 Å². The number of hydrogen-bond acceptors (Lipinski definition) is 4. The summed E-state index contributed by atoms with van der Waals surface area (Å²) in [6.07, 6.45) is 0.714. The fourth-order valence-electron chi connectivity index (χ4n) is 3.74. The molecule has 3 aromatic rings. The van der Waals surface area contributed by atoms with Crippen LogP contribution in [-0.4, -0.2) is 43.8 Å². The van der Waals surface area contributed by atoms with E-state index in [0.717, 1.165) is 8.78 Å². The van der Waals surface area contributed by atoms with Gasteiger partial charge in [0, 0.05) is 17.1 Å². The number of halogens is 3. The third kappa shape index (κ3) is 7.97. The number of amides is 2. The Morgan fingerprint density at radius 1 is 0.949 bits per heavy atom. The van der Waals surface area contributed by atoms with Crippen molar-refractivity contribution in [2.45, 2.75) is 50.7 Å². The van der Waals surface area contributed by atoms with Crippen molar-refractivity contribution < 1.29 is 18.0 Å². The Kier molecular flexibility index (Phi) is 10.8. The van der Waals surface area contributed by atoms with E-state index in [4.69, 9.17) is 23.2 Å². The van der Waals surface area contributed by atoms with E-state index < -0.39 is 28.5 Å². The second kappa shape index (κ2) is 13.7. The van der Waals surface area contributed by atoms with Gasteiger partial charge in [-0.15, -0.1) is 0 Å². The zero-order valence-electron chi connectivity index (χ0n) is 21.8. The fourth-order valence-corrected chi connectivity index (χ4v) is 5.76. The van der Waals surface area contributed by atoms with Crippen molar-refractivity contribution in [2.24, 2.45) is 0 Å². The maximum Gasteiger partial charge on any atom is 0.264 e. The Bertz CT molecular complexity index is 1410. The molecule has 11 heteroatoms. The lowest BCUT2D eigenvalue weighted by Crippen LogP contribution is -2.52. The van der Waals surface area contributed by atoms with Gasteiger partial charge in [0.15, 0.2) is 0 Å². The molecule has 0 saturated carbocycles. The number of benzene rings is 3. The zero-order valence-corrected chi connectivity index (χ0v) is 25.7. The van der Waals surface area contributed by atoms with Gasteiger partial charge in [-0.1, -0.05) is 70.3 Å². The van der Waals surface area contributed by atoms with Gasteiger partial charge in [-0.3, -0.25) is 13.9 Å². The lowest BCUT2D eigenvalue weighted by atomic mass is 10.1. The van der Waals surface area contributed by atoms with Crippen molar-refractivity contribution >= 4 is 66.7 Å². The van der Waals surface area contributed by atoms with E-state index in [2.05, 4.69) is 21.2 Å². The monoisotopic (exact) mass is 653 g/mol. The highest BCUT2D eigenvalue weighted by Gasteiger charge is 2.32. The molecule has 3 aromatic carbocycles. The molecule has 0 spiro atoms. The molecule has 0 aliphatic heterocycles. The van der Waals surface area contributed by atoms with Crippen molar-refractivity contribution in [3.05, 3.63) is 92.9 Å². The Hall–Kier alpha value is -2.59. The van der Waals surface area contributed by atoms with Crippen LogP contribution in [0.5, 0.6) is 0 Å². The van der Waals surface area contributed by atoms with Crippen LogP contribution in [0.4, 0.5) is 5.69 Å². The van der Waals surface area contributed by atoms with Gasteiger partial charge in [0.05, 0.1) is 20.6 Å². The van der Waals surface area contributed by atoms with E-state index in [0.29, 0.717) is 27.7 Å². The summed E-state index contributed by atoms with van der Waals surface area (Å²) < 4.78 is 29.3. The third-order valence-electron chi connectivity index (χ3n) is 6.23. The molecule has 0 saturated heterocycles. The fraction of sp³-hybridized carbons (Fsp3) is 0.286. The second-order valence-corrected chi connectivity index (χ2v) is 12.7. The number of sulfonamides is 1. The first kappa shape index (κ1) is 30.9. The number of anilines is 1. The first-order valence-electron chi connectivity index (χ1n) is 12.3. The quantitative estimate of drug-likeness (QED) is 0.264. The van der Waals surface area contributed by atoms with Crippen LogP contribution in [0.3, 0.4) is 0 Å². The van der Waals surface area contributed by atoms with Gasteiger partial charge < -0.3 is 10.2 Å². The molecular weight excluding hydrogens is 625 g/mol. The number of rotatable bonds is 11. The number of carbonyl (C=O) groups is 2. The van der Waals surface area contributed by atoms with Gasteiger partial charge in [-0.25, -0.2) is 8.42 Å². The van der Waals surface area contributed by atoms with E-state index in [-0.39, 0.29) is 23.4 Å². The third-order valence-corrected chi connectivity index (χ3v) is 9.29. The summed E-state index contributed by atoms with van der Waals surface area (Å²) in [5.41, 5.74) is 0.948. The van der Waals surface area contributed by atoms with Crippen LogP contribution in [0.2, 0.25) is 10.0 Å². The van der Waals surface area contributed by atoms with Crippen LogP contribution in [0.15, 0.2) is 82.2 Å². The molecule has 0 unspecified atom stereocenters. The molecule has 0 aliphatic rings. The zero-order chi connectivity index (χ0) is 28.7. The Morgan fingerprint density at radius 2 is 1.59 bits per heavy atom. The minimum absolute atomic E-state index is 0.0182. The first-order chi connectivity index (χ1) is 18.4. The minimum Gasteiger partial charge on any atom is -0.352 e. The van der Waals surface area contributed by atoms with Crippen molar-refractivity contribution in [1.82, 2.24) is 10.2 Å². The van der Waals surface area contributed by atoms with E-state index in [1.165, 1.54) is 17.0 Å². The van der Waals surface area contributed by atoms with E-state index in [9.17, 15) is 18.0 Å². The summed E-state index contributed by atoms with van der Waals surface area (Å²) in [7, 11) is -4.12. The summed E-state index contributed by atoms with van der Waals surface area (Å²) >= 11 is 15.6. The van der Waals surface area contributed by atoms with Crippen molar-refractivity contribution in [2.75, 3.05) is 10.8 Å². The molecule has 0 heterocycles. The molecule has 0 fully saturated rings. The van der Waals surface area contributed by atoms with E-state index >= 15 is 0 Å². The van der Waals surface area contributed by atoms with Crippen LogP contribution in [0.1, 0.15) is 32.8 Å². The van der Waals surface area contributed by atoms with Crippen molar-refractivity contribution in [1.29, 1.82) is 0 Å². The minimum atomic E-state index is -4.12. The highest BCUT2D eigenvalue weighted by atomic mass is 79.9. The maximum atomic E-state index is 13.9. The van der Waals surface area contributed by atoms with Crippen LogP contribution < -0.4 is 9.62 Å². The smallest absolute Gasteiger partial charge is 0.264 e. The average molecular weight is 655 g/mol. The largest absolute Gasteiger partial charge is 0.352 e. The van der Waals surface area contributed by atoms with Gasteiger partial charge in [0.25, 0.3) is 10.0 Å². The van der Waals surface area contributed by atoms with Crippen molar-refractivity contribution in [3.63, 3.8) is 0 Å². The van der Waals surface area contributed by atoms with Gasteiger partial charge in [0.2, 0.25) is 11.8 Å². The molecular formula is C28H30BrCl2N3O4S. The van der Waals surface area contributed by atoms with Gasteiger partial charge in [0.1, 0.15) is 12.6 Å². The molecule has 0 bridgehead atoms. The standard InChI is InChI=1S/C28H30BrCl2N3O4S/c1-4-19(2)32-28(36)20(3)33(17-21-10-15-25(30)26(31)16-21)27(35)18-34(23-13-11-22(29)12-14-23)39(37,38)24-8-6-5-7-9-24/h5-16,19-20H,4,17-18H2,1-3H3,(H,32,36)/t19-,20+/m1/s1. The van der Waals surface area contributed by atoms with Crippen LogP contribution in [0, 0.1) is 0 Å². The van der Waals surface area contributed by atoms with Gasteiger partial charge in [-0.2, -0.15) is 0 Å². The number of nitrogens with one attached hydrogen (secondary N) is 1. The summed E-state index contributed by atoms with van der Waals surface area (Å²) in [6, 6.07) is 18.5. The highest BCUT2D eigenvalue weighted by molar-refractivity contribution is 9.10. The first-order valence-corrected chi connectivity index (χ1v) is 15.3. The molecule has 2 atom stereocenters. The molecule has 39 heavy (non-hydrogen) atoms. The molecule has 0 aliphatic carbocycles. The Balaban J connectivity index is 2.02. The summed E-state index contributed by atoms with van der Waals surface area (Å²) in [5.74, 6) is -0.908. The Labute approximate surface area is 248 Å². The van der Waals surface area contributed by atoms with Crippen molar-refractivity contribution in [3.8, 4) is 0 Å². The summed E-state index contributed by atoms with van der Waals surface area (Å²) in [4.78, 5) is 28.4. The summed E-state index contributed by atoms with van der Waals surface area (Å²) in [6.45, 7) is 4.92. The molecule has 208 valence electrons. The molecule has 1 N–H and O–H groups in total. The van der Waals surface area contributed by atoms with Crippen LogP contribution >= 0.6 is 39.1 Å². The van der Waals surface area contributed by atoms with Crippen LogP contribution in [-0.2, 0) is 26.2 Å². The van der Waals surface area contributed by atoms with Gasteiger partial charge in [-0.05, 0) is 74.4 Å². The van der Waals surface area contributed by atoms with E-state index in [1.807, 2.05) is 13.8 Å². The molecule has 7 nitrogen and oxygen atoms in total. The lowest BCUT2D eigenvalue weighted by molar-refractivity contribution is -0.139. The SMILES string of the molecule is CC[C@@H](C)NC(=O)[C@H](C)N(Cc1ccc(Cl)c(Cl)c1)C(=O)CN(c1ccc(Br)cc1)S(=O)(=O)c1ccccc1. The second-order valence-electron chi connectivity index (χ2n) is 9.07. The molecule has 0 aromatic heterocycles. The molecule has 0 radical (unpaired) electrons. The van der Waals surface area contributed by atoms with Crippen LogP contribution in [0.25, 0.3) is 0 Å². The predicted octanol–water partition coefficient (Wildman–Crippen LogP) is 6.28. The average Bonchev–Trinajstić information content (AvgIpc) is 2.92. The summed E-state index contributed by atoms with van der Waals surface area (Å²) in [5, 5.41) is 3.57. The van der Waals surface area contributed by atoms with Gasteiger partial charge >= 0.3 is 0 Å². The molecule has 2 amide bonds. The molecule has 3 rings (SSSR count). The number of hydrogen-bond donors (Lipinski definition) is 1. The Morgan fingerprint density at radius 3 is 2.18 bits per heavy atom.